The molecule has 5 atom stereocenters. The molecule has 7 heteroatoms. The van der Waals surface area contributed by atoms with Crippen LogP contribution in [0, 0.1) is 23.2 Å². The first-order valence-electron chi connectivity index (χ1n) is 11.1. The lowest BCUT2D eigenvalue weighted by Crippen LogP contribution is -2.46. The summed E-state index contributed by atoms with van der Waals surface area (Å²) in [6.45, 7) is 2.51. The molecule has 1 N–H and O–H groups in total. The fourth-order valence-corrected chi connectivity index (χ4v) is 9.21. The van der Waals surface area contributed by atoms with E-state index < -0.39 is 10.0 Å². The zero-order chi connectivity index (χ0) is 22.0. The van der Waals surface area contributed by atoms with Crippen LogP contribution in [0.1, 0.15) is 49.7 Å². The van der Waals surface area contributed by atoms with E-state index in [1.807, 2.05) is 6.07 Å². The minimum absolute atomic E-state index is 0.0451. The Morgan fingerprint density at radius 1 is 1.26 bits per heavy atom. The summed E-state index contributed by atoms with van der Waals surface area (Å²) >= 11 is 1.23. The van der Waals surface area contributed by atoms with Crippen LogP contribution >= 0.6 is 11.3 Å². The molecule has 0 unspecified atom stereocenters. The Balaban J connectivity index is 1.45. The molecule has 0 aliphatic heterocycles. The molecular formula is C24H29NO4S2. The maximum Gasteiger partial charge on any atom is 0.252 e. The third kappa shape index (κ3) is 3.28. The molecular weight excluding hydrogens is 430 g/mol. The number of Topliss-reactive ketones (excluding diaryl/α,β-unsaturated/α-hetero) is 1. The molecule has 2 fully saturated rings. The van der Waals surface area contributed by atoms with Crippen molar-refractivity contribution < 1.29 is 18.3 Å². The van der Waals surface area contributed by atoms with E-state index >= 15 is 0 Å². The quantitative estimate of drug-likeness (QED) is 0.734. The number of hydrogen-bond acceptors (Lipinski definition) is 5. The molecule has 2 aromatic rings. The molecule has 31 heavy (non-hydrogen) atoms. The summed E-state index contributed by atoms with van der Waals surface area (Å²) in [5.74, 6) is 1.62. The number of thiophene rings is 1. The Morgan fingerprint density at radius 2 is 2.06 bits per heavy atom. The number of carbonyl (C=O) groups excluding carboxylic acids is 1. The molecule has 0 spiro atoms. The van der Waals surface area contributed by atoms with E-state index in [1.165, 1.54) is 26.8 Å². The number of carbonyl (C=O) groups is 1. The van der Waals surface area contributed by atoms with Crippen molar-refractivity contribution in [2.75, 3.05) is 13.6 Å². The van der Waals surface area contributed by atoms with E-state index in [0.29, 0.717) is 40.5 Å². The highest BCUT2D eigenvalue weighted by Gasteiger charge is 2.58. The molecule has 2 saturated carbocycles. The second-order valence-electron chi connectivity index (χ2n) is 9.78. The number of benzene rings is 1. The summed E-state index contributed by atoms with van der Waals surface area (Å²) < 4.78 is 27.8. The summed E-state index contributed by atoms with van der Waals surface area (Å²) in [4.78, 5) is 13.2. The van der Waals surface area contributed by atoms with Crippen molar-refractivity contribution in [2.24, 2.45) is 23.2 Å². The topological polar surface area (TPSA) is 74.7 Å². The van der Waals surface area contributed by atoms with Crippen LogP contribution in [0.3, 0.4) is 0 Å². The lowest BCUT2D eigenvalue weighted by atomic mass is 9.54. The van der Waals surface area contributed by atoms with Crippen LogP contribution in [0.5, 0.6) is 5.75 Å². The van der Waals surface area contributed by atoms with E-state index in [0.717, 1.165) is 25.7 Å². The molecule has 3 aliphatic rings. The number of hydrogen-bond donors (Lipinski definition) is 1. The number of aromatic hydroxyl groups is 1. The van der Waals surface area contributed by atoms with E-state index in [-0.39, 0.29) is 17.3 Å². The summed E-state index contributed by atoms with van der Waals surface area (Å²) in [7, 11) is -1.88. The lowest BCUT2D eigenvalue weighted by molar-refractivity contribution is -0.129. The average molecular weight is 460 g/mol. The summed E-state index contributed by atoms with van der Waals surface area (Å²) in [6.07, 6.45) is 4.21. The highest BCUT2D eigenvalue weighted by Crippen LogP contribution is 2.61. The number of rotatable bonds is 4. The predicted molar refractivity (Wildman–Crippen MR) is 121 cm³/mol. The zero-order valence-electron chi connectivity index (χ0n) is 18.0. The van der Waals surface area contributed by atoms with Gasteiger partial charge in [-0.25, -0.2) is 8.42 Å². The number of sulfonamides is 1. The third-order valence-electron chi connectivity index (χ3n) is 8.21. The first-order valence-corrected chi connectivity index (χ1v) is 13.4. The van der Waals surface area contributed by atoms with Crippen LogP contribution in [-0.2, 0) is 21.2 Å². The van der Waals surface area contributed by atoms with Gasteiger partial charge in [-0.3, -0.25) is 4.79 Å². The van der Waals surface area contributed by atoms with Gasteiger partial charge in [0.25, 0.3) is 10.0 Å². The molecule has 166 valence electrons. The molecule has 1 heterocycles. The predicted octanol–water partition coefficient (Wildman–Crippen LogP) is 4.43. The van der Waals surface area contributed by atoms with Crippen LogP contribution < -0.4 is 0 Å². The highest BCUT2D eigenvalue weighted by molar-refractivity contribution is 7.91. The maximum absolute atomic E-state index is 13.2. The molecule has 0 radical (unpaired) electrons. The van der Waals surface area contributed by atoms with Gasteiger partial charge in [0.15, 0.2) is 0 Å². The Kier molecular flexibility index (Phi) is 5.07. The molecule has 1 aromatic heterocycles. The first kappa shape index (κ1) is 21.2. The van der Waals surface area contributed by atoms with Crippen molar-refractivity contribution in [3.05, 3.63) is 46.8 Å². The third-order valence-corrected chi connectivity index (χ3v) is 11.4. The number of aryl methyl sites for hydroxylation is 1. The summed E-state index contributed by atoms with van der Waals surface area (Å²) in [5.41, 5.74) is 2.19. The Hall–Kier alpha value is -1.70. The molecule has 5 nitrogen and oxygen atoms in total. The van der Waals surface area contributed by atoms with E-state index in [1.54, 1.807) is 30.6 Å². The summed E-state index contributed by atoms with van der Waals surface area (Å²) in [6, 6.07) is 9.12. The number of phenolic OH excluding ortho intramolecular Hbond substituents is 1. The molecule has 1 aromatic carbocycles. The van der Waals surface area contributed by atoms with E-state index in [4.69, 9.17) is 0 Å². The van der Waals surface area contributed by atoms with Gasteiger partial charge in [0.2, 0.25) is 0 Å². The SMILES string of the molecule is CN(C[C@H]1CC(=O)[C@@]2(C)CC[C@@H]3c4ccc(O)cc4CC[C@H]3[C@H]12)S(=O)(=O)c1cccs1. The maximum atomic E-state index is 13.2. The fraction of sp³-hybridized carbons (Fsp3) is 0.542. The highest BCUT2D eigenvalue weighted by atomic mass is 32.2. The van der Waals surface area contributed by atoms with Crippen LogP contribution in [0.25, 0.3) is 0 Å². The van der Waals surface area contributed by atoms with Crippen LogP contribution in [0.4, 0.5) is 0 Å². The van der Waals surface area contributed by atoms with Gasteiger partial charge < -0.3 is 5.11 Å². The monoisotopic (exact) mass is 459 g/mol. The number of nitrogens with zero attached hydrogens (tertiary/aromatic N) is 1. The van der Waals surface area contributed by atoms with Gasteiger partial charge in [0, 0.05) is 25.4 Å². The van der Waals surface area contributed by atoms with E-state index in [9.17, 15) is 18.3 Å². The van der Waals surface area contributed by atoms with Gasteiger partial charge in [-0.1, -0.05) is 19.1 Å². The van der Waals surface area contributed by atoms with Gasteiger partial charge in [-0.05, 0) is 84.1 Å². The van der Waals surface area contributed by atoms with Gasteiger partial charge in [-0.2, -0.15) is 4.31 Å². The minimum atomic E-state index is -3.53. The average Bonchev–Trinajstić information content (AvgIpc) is 3.35. The van der Waals surface area contributed by atoms with Gasteiger partial charge in [-0.15, -0.1) is 11.3 Å². The largest absolute Gasteiger partial charge is 0.508 e. The normalized spacial score (nSPS) is 32.5. The standard InChI is InChI=1S/C24H29NO4S2/c1-24-10-9-19-18-8-6-17(26)12-15(18)5-7-20(19)23(24)16(13-21(24)27)14-25(2)31(28,29)22-4-3-11-30-22/h3-4,6,8,11-12,16,19-20,23,26H,5,7,9-10,13-14H2,1-2H3/t16-,19-,20-,23+,24-/m1/s1. The summed E-state index contributed by atoms with van der Waals surface area (Å²) in [5, 5.41) is 11.7. The zero-order valence-corrected chi connectivity index (χ0v) is 19.6. The van der Waals surface area contributed by atoms with Crippen molar-refractivity contribution in [1.29, 1.82) is 0 Å². The van der Waals surface area contributed by atoms with Crippen LogP contribution in [0.2, 0.25) is 0 Å². The minimum Gasteiger partial charge on any atom is -0.508 e. The van der Waals surface area contributed by atoms with Crippen LogP contribution in [0.15, 0.2) is 39.9 Å². The number of phenols is 1. The Bertz CT molecular complexity index is 1110. The Morgan fingerprint density at radius 3 is 2.81 bits per heavy atom. The fourth-order valence-electron chi connectivity index (χ4n) is 6.78. The number of ketones is 1. The smallest absolute Gasteiger partial charge is 0.252 e. The molecule has 3 aliphatic carbocycles. The second kappa shape index (κ2) is 7.42. The molecule has 0 bridgehead atoms. The number of fused-ring (bicyclic) bond motifs is 5. The van der Waals surface area contributed by atoms with Crippen molar-refractivity contribution in [3.8, 4) is 5.75 Å². The van der Waals surface area contributed by atoms with Gasteiger partial charge in [0.05, 0.1) is 0 Å². The van der Waals surface area contributed by atoms with Crippen molar-refractivity contribution >= 4 is 27.1 Å². The van der Waals surface area contributed by atoms with Crippen molar-refractivity contribution in [2.45, 2.75) is 49.2 Å². The van der Waals surface area contributed by atoms with Crippen LogP contribution in [-0.4, -0.2) is 37.2 Å². The molecule has 0 amide bonds. The molecule has 0 saturated heterocycles. The second-order valence-corrected chi connectivity index (χ2v) is 13.0. The van der Waals surface area contributed by atoms with Crippen molar-refractivity contribution in [3.63, 3.8) is 0 Å². The Labute approximate surface area is 188 Å². The van der Waals surface area contributed by atoms with Gasteiger partial charge >= 0.3 is 0 Å². The first-order chi connectivity index (χ1) is 14.7. The molecule has 5 rings (SSSR count). The van der Waals surface area contributed by atoms with E-state index in [2.05, 4.69) is 13.0 Å². The lowest BCUT2D eigenvalue weighted by Gasteiger charge is -2.50. The van der Waals surface area contributed by atoms with Gasteiger partial charge in [0.1, 0.15) is 15.7 Å². The van der Waals surface area contributed by atoms with Crippen molar-refractivity contribution in [1.82, 2.24) is 4.31 Å².